The maximum Gasteiger partial charge on any atom is 0.269 e. The lowest BCUT2D eigenvalue weighted by Gasteiger charge is -2.24. The van der Waals surface area contributed by atoms with Gasteiger partial charge in [-0.2, -0.15) is 0 Å². The van der Waals surface area contributed by atoms with E-state index < -0.39 is 4.92 Å². The molecule has 0 bridgehead atoms. The third-order valence-corrected chi connectivity index (χ3v) is 3.44. The normalized spacial score (nSPS) is 15.6. The molecule has 1 saturated carbocycles. The minimum Gasteiger partial charge on any atom is -0.338 e. The number of non-ortho nitro benzene ring substituents is 1. The Hall–Kier alpha value is -1.91. The number of hydrogen-bond donors (Lipinski definition) is 0. The maximum atomic E-state index is 11.1. The van der Waals surface area contributed by atoms with Gasteiger partial charge in [-0.15, -0.1) is 0 Å². The van der Waals surface area contributed by atoms with Crippen LogP contribution in [0, 0.1) is 10.1 Å². The van der Waals surface area contributed by atoms with E-state index in [4.69, 9.17) is 0 Å². The molecule has 0 atom stereocenters. The van der Waals surface area contributed by atoms with Crippen molar-refractivity contribution in [3.8, 4) is 0 Å². The minimum atomic E-state index is -0.418. The van der Waals surface area contributed by atoms with Crippen LogP contribution in [0.25, 0.3) is 0 Å². The summed E-state index contributed by atoms with van der Waals surface area (Å²) in [7, 11) is 0. The molecule has 0 radical (unpaired) electrons. The summed E-state index contributed by atoms with van der Waals surface area (Å²) >= 11 is 0. The summed E-state index contributed by atoms with van der Waals surface area (Å²) in [4.78, 5) is 23.0. The number of amides is 1. The van der Waals surface area contributed by atoms with E-state index in [1.54, 1.807) is 17.0 Å². The SMILES string of the molecule is O=CN(Cc1ccc([N+](=O)[O-])cc1)C1CCCC1. The largest absolute Gasteiger partial charge is 0.338 e. The first kappa shape index (κ1) is 12.5. The number of nitrogens with zero attached hydrogens (tertiary/aromatic N) is 2. The average molecular weight is 248 g/mol. The van der Waals surface area contributed by atoms with Crippen LogP contribution < -0.4 is 0 Å². The van der Waals surface area contributed by atoms with Crippen LogP contribution in [-0.2, 0) is 11.3 Å². The van der Waals surface area contributed by atoms with Gasteiger partial charge < -0.3 is 4.90 Å². The van der Waals surface area contributed by atoms with Crippen molar-refractivity contribution < 1.29 is 9.72 Å². The molecule has 1 fully saturated rings. The number of nitro benzene ring substituents is 1. The van der Waals surface area contributed by atoms with Gasteiger partial charge in [-0.1, -0.05) is 25.0 Å². The predicted molar refractivity (Wildman–Crippen MR) is 67.0 cm³/mol. The second kappa shape index (κ2) is 5.62. The van der Waals surface area contributed by atoms with Crippen molar-refractivity contribution >= 4 is 12.1 Å². The van der Waals surface area contributed by atoms with Crippen LogP contribution in [0.3, 0.4) is 0 Å². The van der Waals surface area contributed by atoms with Gasteiger partial charge >= 0.3 is 0 Å². The molecule has 0 saturated heterocycles. The lowest BCUT2D eigenvalue weighted by atomic mass is 10.1. The summed E-state index contributed by atoms with van der Waals surface area (Å²) in [5, 5.41) is 10.5. The molecule has 1 aromatic carbocycles. The van der Waals surface area contributed by atoms with Crippen LogP contribution in [0.2, 0.25) is 0 Å². The van der Waals surface area contributed by atoms with Crippen molar-refractivity contribution in [2.75, 3.05) is 0 Å². The third-order valence-electron chi connectivity index (χ3n) is 3.44. The second-order valence-electron chi connectivity index (χ2n) is 4.64. The molecule has 0 unspecified atom stereocenters. The molecule has 0 N–H and O–H groups in total. The molecule has 0 spiro atoms. The lowest BCUT2D eigenvalue weighted by molar-refractivity contribution is -0.384. The van der Waals surface area contributed by atoms with Gasteiger partial charge in [-0.05, 0) is 18.4 Å². The van der Waals surface area contributed by atoms with Crippen molar-refractivity contribution in [1.82, 2.24) is 4.90 Å². The Labute approximate surface area is 106 Å². The van der Waals surface area contributed by atoms with Crippen molar-refractivity contribution in [2.24, 2.45) is 0 Å². The molecule has 0 aromatic heterocycles. The smallest absolute Gasteiger partial charge is 0.269 e. The van der Waals surface area contributed by atoms with E-state index in [1.165, 1.54) is 25.0 Å². The van der Waals surface area contributed by atoms with Crippen LogP contribution in [0.15, 0.2) is 24.3 Å². The first-order valence-electron chi connectivity index (χ1n) is 6.15. The minimum absolute atomic E-state index is 0.0808. The van der Waals surface area contributed by atoms with Gasteiger partial charge in [0.25, 0.3) is 5.69 Å². The van der Waals surface area contributed by atoms with E-state index in [0.29, 0.717) is 12.6 Å². The molecule has 96 valence electrons. The van der Waals surface area contributed by atoms with Crippen LogP contribution in [0.1, 0.15) is 31.2 Å². The topological polar surface area (TPSA) is 63.5 Å². The van der Waals surface area contributed by atoms with E-state index in [1.807, 2.05) is 0 Å². The summed E-state index contributed by atoms with van der Waals surface area (Å²) in [5.41, 5.74) is 1.01. The zero-order valence-electron chi connectivity index (χ0n) is 10.1. The molecule has 0 aliphatic heterocycles. The number of rotatable bonds is 5. The fourth-order valence-electron chi connectivity index (χ4n) is 2.42. The molecule has 2 rings (SSSR count). The van der Waals surface area contributed by atoms with Gasteiger partial charge in [0.1, 0.15) is 0 Å². The van der Waals surface area contributed by atoms with E-state index in [-0.39, 0.29) is 5.69 Å². The predicted octanol–water partition coefficient (Wildman–Crippen LogP) is 2.50. The van der Waals surface area contributed by atoms with Crippen molar-refractivity contribution in [3.05, 3.63) is 39.9 Å². The zero-order valence-corrected chi connectivity index (χ0v) is 10.1. The van der Waals surface area contributed by atoms with E-state index in [0.717, 1.165) is 24.8 Å². The Kier molecular flexibility index (Phi) is 3.92. The Morgan fingerprint density at radius 3 is 2.39 bits per heavy atom. The molecule has 5 nitrogen and oxygen atoms in total. The van der Waals surface area contributed by atoms with Gasteiger partial charge in [-0.3, -0.25) is 14.9 Å². The van der Waals surface area contributed by atoms with Gasteiger partial charge in [-0.25, -0.2) is 0 Å². The maximum absolute atomic E-state index is 11.1. The highest BCUT2D eigenvalue weighted by atomic mass is 16.6. The van der Waals surface area contributed by atoms with Crippen molar-refractivity contribution in [1.29, 1.82) is 0 Å². The number of benzene rings is 1. The van der Waals surface area contributed by atoms with Crippen LogP contribution in [-0.4, -0.2) is 22.3 Å². The number of hydrogen-bond acceptors (Lipinski definition) is 3. The van der Waals surface area contributed by atoms with E-state index in [9.17, 15) is 14.9 Å². The fraction of sp³-hybridized carbons (Fsp3) is 0.462. The average Bonchev–Trinajstić information content (AvgIpc) is 2.90. The first-order chi connectivity index (χ1) is 8.70. The zero-order chi connectivity index (χ0) is 13.0. The molecule has 1 amide bonds. The summed E-state index contributed by atoms with van der Waals surface area (Å²) in [6.45, 7) is 0.534. The number of carbonyl (C=O) groups excluding carboxylic acids is 1. The van der Waals surface area contributed by atoms with Gasteiger partial charge in [0.15, 0.2) is 0 Å². The fourth-order valence-corrected chi connectivity index (χ4v) is 2.42. The second-order valence-corrected chi connectivity index (χ2v) is 4.64. The van der Waals surface area contributed by atoms with E-state index in [2.05, 4.69) is 0 Å². The van der Waals surface area contributed by atoms with Gasteiger partial charge in [0, 0.05) is 24.7 Å². The summed E-state index contributed by atoms with van der Waals surface area (Å²) < 4.78 is 0. The summed E-state index contributed by atoms with van der Waals surface area (Å²) in [5.74, 6) is 0. The molecule has 1 aliphatic rings. The van der Waals surface area contributed by atoms with Crippen LogP contribution in [0.4, 0.5) is 5.69 Å². The molecule has 1 aromatic rings. The van der Waals surface area contributed by atoms with Gasteiger partial charge in [0.05, 0.1) is 4.92 Å². The molecule has 0 heterocycles. The van der Waals surface area contributed by atoms with Crippen molar-refractivity contribution in [3.63, 3.8) is 0 Å². The Balaban J connectivity index is 2.02. The quantitative estimate of drug-likeness (QED) is 0.457. The number of nitro groups is 1. The Morgan fingerprint density at radius 2 is 1.89 bits per heavy atom. The molecular formula is C13H16N2O3. The lowest BCUT2D eigenvalue weighted by Crippen LogP contribution is -2.31. The van der Waals surface area contributed by atoms with E-state index >= 15 is 0 Å². The standard InChI is InChI=1S/C13H16N2O3/c16-10-14(12-3-1-2-4-12)9-11-5-7-13(8-6-11)15(17)18/h5-8,10,12H,1-4,9H2. The van der Waals surface area contributed by atoms with Crippen LogP contribution >= 0.6 is 0 Å². The van der Waals surface area contributed by atoms with Gasteiger partial charge in [0.2, 0.25) is 6.41 Å². The highest BCUT2D eigenvalue weighted by Crippen LogP contribution is 2.24. The molecular weight excluding hydrogens is 232 g/mol. The van der Waals surface area contributed by atoms with Crippen LogP contribution in [0.5, 0.6) is 0 Å². The molecule has 1 aliphatic carbocycles. The first-order valence-corrected chi connectivity index (χ1v) is 6.15. The monoisotopic (exact) mass is 248 g/mol. The Morgan fingerprint density at radius 1 is 1.28 bits per heavy atom. The highest BCUT2D eigenvalue weighted by Gasteiger charge is 2.21. The Bertz CT molecular complexity index is 424. The molecule has 5 heteroatoms. The highest BCUT2D eigenvalue weighted by molar-refractivity contribution is 5.48. The third kappa shape index (κ3) is 2.85. The van der Waals surface area contributed by atoms with Crippen molar-refractivity contribution in [2.45, 2.75) is 38.3 Å². The molecule has 18 heavy (non-hydrogen) atoms. The number of carbonyl (C=O) groups is 1. The summed E-state index contributed by atoms with van der Waals surface area (Å²) in [6, 6.07) is 6.71. The summed E-state index contributed by atoms with van der Waals surface area (Å²) in [6.07, 6.45) is 5.36.